The molecular formula is C66H120O6. The number of rotatable bonds is 58. The number of esters is 3. The van der Waals surface area contributed by atoms with Crippen molar-refractivity contribution < 1.29 is 28.6 Å². The average Bonchev–Trinajstić information content (AvgIpc) is 3.38. The van der Waals surface area contributed by atoms with Crippen LogP contribution < -0.4 is 0 Å². The van der Waals surface area contributed by atoms with Crippen molar-refractivity contribution in [3.63, 3.8) is 0 Å². The van der Waals surface area contributed by atoms with Crippen molar-refractivity contribution in [2.75, 3.05) is 13.2 Å². The summed E-state index contributed by atoms with van der Waals surface area (Å²) in [5, 5.41) is 0. The Morgan fingerprint density at radius 2 is 0.514 bits per heavy atom. The largest absolute Gasteiger partial charge is 0.462 e. The molecule has 0 aromatic heterocycles. The Hall–Kier alpha value is -2.63. The minimum Gasteiger partial charge on any atom is -0.462 e. The van der Waals surface area contributed by atoms with E-state index in [0.717, 1.165) is 83.5 Å². The molecule has 0 aliphatic carbocycles. The quantitative estimate of drug-likeness (QED) is 0.0261. The summed E-state index contributed by atoms with van der Waals surface area (Å²) in [6.07, 6.45) is 75.4. The van der Waals surface area contributed by atoms with Crippen molar-refractivity contribution >= 4 is 17.9 Å². The molecule has 6 heteroatoms. The van der Waals surface area contributed by atoms with Gasteiger partial charge in [0.05, 0.1) is 0 Å². The van der Waals surface area contributed by atoms with Crippen molar-refractivity contribution in [1.82, 2.24) is 0 Å². The monoisotopic (exact) mass is 1010 g/mol. The molecule has 0 N–H and O–H groups in total. The van der Waals surface area contributed by atoms with Crippen LogP contribution in [0.4, 0.5) is 0 Å². The van der Waals surface area contributed by atoms with Crippen LogP contribution in [0.15, 0.2) is 48.6 Å². The van der Waals surface area contributed by atoms with Crippen LogP contribution >= 0.6 is 0 Å². The summed E-state index contributed by atoms with van der Waals surface area (Å²) >= 11 is 0. The van der Waals surface area contributed by atoms with Crippen molar-refractivity contribution in [2.45, 2.75) is 341 Å². The Morgan fingerprint density at radius 3 is 0.806 bits per heavy atom. The molecule has 1 unspecified atom stereocenters. The maximum absolute atomic E-state index is 12.9. The van der Waals surface area contributed by atoms with Gasteiger partial charge in [0.25, 0.3) is 0 Å². The molecule has 0 saturated carbocycles. The third-order valence-corrected chi connectivity index (χ3v) is 14.1. The maximum atomic E-state index is 12.9. The zero-order valence-corrected chi connectivity index (χ0v) is 48.2. The van der Waals surface area contributed by atoms with E-state index in [9.17, 15) is 14.4 Å². The zero-order valence-electron chi connectivity index (χ0n) is 48.2. The van der Waals surface area contributed by atoms with Gasteiger partial charge in [-0.3, -0.25) is 14.4 Å². The molecule has 0 bridgehead atoms. The van der Waals surface area contributed by atoms with Gasteiger partial charge in [0, 0.05) is 19.3 Å². The van der Waals surface area contributed by atoms with Gasteiger partial charge in [0.15, 0.2) is 6.10 Å². The van der Waals surface area contributed by atoms with Crippen molar-refractivity contribution in [2.24, 2.45) is 0 Å². The highest BCUT2D eigenvalue weighted by Gasteiger charge is 2.19. The molecule has 0 heterocycles. The number of ether oxygens (including phenoxy) is 3. The van der Waals surface area contributed by atoms with Gasteiger partial charge in [0.1, 0.15) is 13.2 Å². The Balaban J connectivity index is 4.33. The van der Waals surface area contributed by atoms with Gasteiger partial charge in [-0.05, 0) is 77.0 Å². The summed E-state index contributed by atoms with van der Waals surface area (Å²) in [6.45, 7) is 6.63. The van der Waals surface area contributed by atoms with Crippen molar-refractivity contribution in [1.29, 1.82) is 0 Å². The third kappa shape index (κ3) is 58.3. The molecule has 420 valence electrons. The maximum Gasteiger partial charge on any atom is 0.306 e. The van der Waals surface area contributed by atoms with E-state index in [-0.39, 0.29) is 31.1 Å². The summed E-state index contributed by atoms with van der Waals surface area (Å²) in [4.78, 5) is 38.3. The number of carbonyl (C=O) groups is 3. The lowest BCUT2D eigenvalue weighted by Gasteiger charge is -2.18. The molecule has 0 spiro atoms. The lowest BCUT2D eigenvalue weighted by molar-refractivity contribution is -0.167. The van der Waals surface area contributed by atoms with Crippen LogP contribution in [0, 0.1) is 0 Å². The van der Waals surface area contributed by atoms with Gasteiger partial charge in [-0.25, -0.2) is 0 Å². The van der Waals surface area contributed by atoms with E-state index >= 15 is 0 Å². The Morgan fingerprint density at radius 1 is 0.278 bits per heavy atom. The van der Waals surface area contributed by atoms with Crippen LogP contribution in [0.25, 0.3) is 0 Å². The normalized spacial score (nSPS) is 12.3. The smallest absolute Gasteiger partial charge is 0.306 e. The third-order valence-electron chi connectivity index (χ3n) is 14.1. The highest BCUT2D eigenvalue weighted by Crippen LogP contribution is 2.17. The Labute approximate surface area is 448 Å². The fourth-order valence-electron chi connectivity index (χ4n) is 9.26. The summed E-state index contributed by atoms with van der Waals surface area (Å²) in [7, 11) is 0. The lowest BCUT2D eigenvalue weighted by Crippen LogP contribution is -2.30. The minimum absolute atomic E-state index is 0.0767. The van der Waals surface area contributed by atoms with E-state index in [1.165, 1.54) is 212 Å². The number of hydrogen-bond donors (Lipinski definition) is 0. The van der Waals surface area contributed by atoms with Gasteiger partial charge in [0.2, 0.25) is 0 Å². The fourth-order valence-corrected chi connectivity index (χ4v) is 9.26. The summed E-state index contributed by atoms with van der Waals surface area (Å²) in [5.41, 5.74) is 0. The summed E-state index contributed by atoms with van der Waals surface area (Å²) < 4.78 is 16.9. The molecule has 0 radical (unpaired) electrons. The summed E-state index contributed by atoms with van der Waals surface area (Å²) in [5.74, 6) is -0.874. The lowest BCUT2D eigenvalue weighted by atomic mass is 10.0. The molecule has 0 aliphatic rings. The number of carbonyl (C=O) groups excluding carboxylic acids is 3. The highest BCUT2D eigenvalue weighted by atomic mass is 16.6. The predicted octanol–water partition coefficient (Wildman–Crippen LogP) is 21.4. The Kier molecular flexibility index (Phi) is 58.7. The second-order valence-electron chi connectivity index (χ2n) is 21.3. The van der Waals surface area contributed by atoms with Crippen molar-refractivity contribution in [3.05, 3.63) is 48.6 Å². The molecule has 1 atom stereocenters. The molecule has 0 rings (SSSR count). The van der Waals surface area contributed by atoms with Gasteiger partial charge in [-0.15, -0.1) is 0 Å². The van der Waals surface area contributed by atoms with E-state index in [1.54, 1.807) is 0 Å². The van der Waals surface area contributed by atoms with Crippen LogP contribution in [-0.2, 0) is 28.6 Å². The van der Waals surface area contributed by atoms with E-state index in [2.05, 4.69) is 69.4 Å². The second kappa shape index (κ2) is 60.9. The predicted molar refractivity (Wildman–Crippen MR) is 312 cm³/mol. The van der Waals surface area contributed by atoms with E-state index < -0.39 is 6.10 Å². The average molecular weight is 1010 g/mol. The van der Waals surface area contributed by atoms with Gasteiger partial charge in [-0.2, -0.15) is 0 Å². The first-order valence-corrected chi connectivity index (χ1v) is 31.6. The highest BCUT2D eigenvalue weighted by molar-refractivity contribution is 5.71. The van der Waals surface area contributed by atoms with Crippen LogP contribution in [0.5, 0.6) is 0 Å². The van der Waals surface area contributed by atoms with Gasteiger partial charge in [-0.1, -0.05) is 288 Å². The molecular weight excluding hydrogens is 889 g/mol. The standard InChI is InChI=1S/C66H120O6/c1-4-7-10-13-16-19-22-25-28-30-32-33-35-36-38-41-44-47-50-53-56-59-65(68)71-62-63(61-70-64(67)58-55-52-49-46-43-40-27-24-21-18-15-12-9-6-3)72-66(69)60-57-54-51-48-45-42-39-37-34-31-29-26-23-20-17-14-11-8-5-2/h15,18,22,24-25,27,30,32,63H,4-14,16-17,19-21,23,26,28-29,31,33-62H2,1-3H3/b18-15-,25-22-,27-24-,32-30-. The second-order valence-corrected chi connectivity index (χ2v) is 21.3. The first-order valence-electron chi connectivity index (χ1n) is 31.6. The minimum atomic E-state index is -0.779. The number of allylic oxidation sites excluding steroid dienone is 8. The number of hydrogen-bond acceptors (Lipinski definition) is 6. The van der Waals surface area contributed by atoms with Gasteiger partial charge < -0.3 is 14.2 Å². The molecule has 0 fully saturated rings. The van der Waals surface area contributed by atoms with E-state index in [1.807, 2.05) is 0 Å². The molecule has 72 heavy (non-hydrogen) atoms. The van der Waals surface area contributed by atoms with Crippen LogP contribution in [0.2, 0.25) is 0 Å². The fraction of sp³-hybridized carbons (Fsp3) is 0.833. The van der Waals surface area contributed by atoms with Gasteiger partial charge >= 0.3 is 17.9 Å². The topological polar surface area (TPSA) is 78.9 Å². The molecule has 0 aromatic rings. The van der Waals surface area contributed by atoms with E-state index in [0.29, 0.717) is 19.3 Å². The van der Waals surface area contributed by atoms with Crippen molar-refractivity contribution in [3.8, 4) is 0 Å². The molecule has 0 aromatic carbocycles. The molecule has 6 nitrogen and oxygen atoms in total. The summed E-state index contributed by atoms with van der Waals surface area (Å²) in [6, 6.07) is 0. The van der Waals surface area contributed by atoms with Crippen LogP contribution in [0.3, 0.4) is 0 Å². The molecule has 0 amide bonds. The molecule has 0 saturated heterocycles. The zero-order chi connectivity index (χ0) is 52.2. The Bertz CT molecular complexity index is 1250. The SMILES string of the molecule is CCCC/C=C\C/C=C\CCCCCCCC(=O)OCC(COC(=O)CCCCCCCCCCC/C=C\C/C=C\CCCCCCC)OC(=O)CCCCCCCCCCCCCCCCCCCCC. The first kappa shape index (κ1) is 69.4. The first-order chi connectivity index (χ1) is 35.5. The van der Waals surface area contributed by atoms with Crippen LogP contribution in [0.1, 0.15) is 335 Å². The van der Waals surface area contributed by atoms with Crippen LogP contribution in [-0.4, -0.2) is 37.2 Å². The van der Waals surface area contributed by atoms with E-state index in [4.69, 9.17) is 14.2 Å². The number of unbranched alkanes of at least 4 members (excludes halogenated alkanes) is 39. The molecule has 0 aliphatic heterocycles.